The maximum Gasteiger partial charge on any atom is 0.182 e. The Morgan fingerprint density at radius 2 is 1.93 bits per heavy atom. The van der Waals surface area contributed by atoms with Crippen molar-refractivity contribution < 1.29 is 28.4 Å². The number of hydroxylamine groups is 1. The van der Waals surface area contributed by atoms with Gasteiger partial charge < -0.3 is 14.2 Å². The van der Waals surface area contributed by atoms with Gasteiger partial charge in [-0.05, 0) is 35.5 Å². The van der Waals surface area contributed by atoms with Crippen molar-refractivity contribution in [2.45, 2.75) is 6.61 Å². The topological polar surface area (TPSA) is 114 Å². The van der Waals surface area contributed by atoms with Gasteiger partial charge in [0.05, 0.1) is 24.9 Å². The van der Waals surface area contributed by atoms with Crippen LogP contribution in [0.4, 0.5) is 10.1 Å². The number of hydrogen-bond donors (Lipinski definition) is 2. The van der Waals surface area contributed by atoms with Crippen LogP contribution in [-0.2, 0) is 6.61 Å². The number of nitrogens with zero attached hydrogens (tertiary/aromatic N) is 3. The number of hydrogen-bond acceptors (Lipinski definition) is 8. The molecule has 0 unspecified atom stereocenters. The van der Waals surface area contributed by atoms with Crippen LogP contribution in [-0.4, -0.2) is 35.6 Å². The van der Waals surface area contributed by atoms with Crippen LogP contribution in [0, 0.1) is 11.2 Å². The summed E-state index contributed by atoms with van der Waals surface area (Å²) in [5, 5.41) is 26.0. The molecule has 1 heterocycles. The lowest BCUT2D eigenvalue weighted by molar-refractivity contribution is 0.268. The standard InChI is InChI=1S/C18H16ClFN4O5/c1-26-15-6-4-11(8-16(15)27-2)28-9-14-17(23-29-22-14)18(21)24(25)10-3-5-13(20)12(19)7-10/h3-8,21,25H,9H2,1-2H3. The summed E-state index contributed by atoms with van der Waals surface area (Å²) < 4.78 is 34.0. The molecular weight excluding hydrogens is 407 g/mol. The number of anilines is 1. The van der Waals surface area contributed by atoms with Crippen molar-refractivity contribution in [3.05, 3.63) is 58.6 Å². The molecule has 0 atom stereocenters. The van der Waals surface area contributed by atoms with Crippen molar-refractivity contribution in [2.75, 3.05) is 19.3 Å². The summed E-state index contributed by atoms with van der Waals surface area (Å²) in [7, 11) is 3.02. The van der Waals surface area contributed by atoms with Crippen LogP contribution >= 0.6 is 11.6 Å². The highest BCUT2D eigenvalue weighted by atomic mass is 35.5. The second kappa shape index (κ2) is 8.76. The number of rotatable bonds is 7. The van der Waals surface area contributed by atoms with Crippen molar-refractivity contribution in [1.29, 1.82) is 5.41 Å². The minimum absolute atomic E-state index is 0.0616. The second-order valence-corrected chi connectivity index (χ2v) is 6.03. The molecule has 11 heteroatoms. The number of benzene rings is 2. The van der Waals surface area contributed by atoms with Crippen molar-refractivity contribution in [2.24, 2.45) is 0 Å². The van der Waals surface area contributed by atoms with E-state index in [0.717, 1.165) is 6.07 Å². The molecule has 0 aliphatic carbocycles. The average molecular weight is 423 g/mol. The van der Waals surface area contributed by atoms with Crippen LogP contribution < -0.4 is 19.3 Å². The van der Waals surface area contributed by atoms with Crippen LogP contribution in [0.15, 0.2) is 41.0 Å². The number of aromatic nitrogens is 2. The summed E-state index contributed by atoms with van der Waals surface area (Å²) in [6, 6.07) is 8.44. The van der Waals surface area contributed by atoms with Gasteiger partial charge in [-0.25, -0.2) is 14.1 Å². The van der Waals surface area contributed by atoms with E-state index < -0.39 is 11.7 Å². The first-order valence-corrected chi connectivity index (χ1v) is 8.51. The number of halogens is 2. The van der Waals surface area contributed by atoms with Gasteiger partial charge in [0.1, 0.15) is 18.2 Å². The smallest absolute Gasteiger partial charge is 0.182 e. The van der Waals surface area contributed by atoms with Gasteiger partial charge in [-0.2, -0.15) is 0 Å². The predicted molar refractivity (Wildman–Crippen MR) is 101 cm³/mol. The van der Waals surface area contributed by atoms with Gasteiger partial charge in [0, 0.05) is 6.07 Å². The van der Waals surface area contributed by atoms with E-state index >= 15 is 0 Å². The first kappa shape index (κ1) is 20.4. The van der Waals surface area contributed by atoms with E-state index in [9.17, 15) is 9.60 Å². The Morgan fingerprint density at radius 1 is 1.17 bits per heavy atom. The minimum atomic E-state index is -0.651. The molecule has 0 fully saturated rings. The Kier molecular flexibility index (Phi) is 6.15. The van der Waals surface area contributed by atoms with Gasteiger partial charge in [0.25, 0.3) is 0 Å². The van der Waals surface area contributed by atoms with Gasteiger partial charge in [-0.3, -0.25) is 10.6 Å². The van der Waals surface area contributed by atoms with Crippen LogP contribution in [0.3, 0.4) is 0 Å². The molecule has 0 aliphatic rings. The molecule has 2 N–H and O–H groups in total. The largest absolute Gasteiger partial charge is 0.493 e. The van der Waals surface area contributed by atoms with E-state index in [2.05, 4.69) is 14.9 Å². The van der Waals surface area contributed by atoms with Crippen LogP contribution in [0.25, 0.3) is 0 Å². The summed E-state index contributed by atoms with van der Waals surface area (Å²) in [4.78, 5) is 0. The Bertz CT molecular complexity index is 1030. The van der Waals surface area contributed by atoms with Gasteiger partial charge in [-0.15, -0.1) is 0 Å². The quantitative estimate of drug-likeness (QED) is 0.336. The van der Waals surface area contributed by atoms with Gasteiger partial charge in [-0.1, -0.05) is 16.8 Å². The van der Waals surface area contributed by atoms with E-state index in [-0.39, 0.29) is 28.7 Å². The summed E-state index contributed by atoms with van der Waals surface area (Å²) >= 11 is 5.71. The van der Waals surface area contributed by atoms with Crippen LogP contribution in [0.2, 0.25) is 5.02 Å². The van der Waals surface area contributed by atoms with Crippen LogP contribution in [0.5, 0.6) is 17.2 Å². The highest BCUT2D eigenvalue weighted by Crippen LogP contribution is 2.31. The van der Waals surface area contributed by atoms with E-state index in [1.807, 2.05) is 0 Å². The number of nitrogens with one attached hydrogen (secondary N) is 1. The third kappa shape index (κ3) is 4.39. The summed E-state index contributed by atoms with van der Waals surface area (Å²) in [5.41, 5.74) is 0.168. The zero-order valence-electron chi connectivity index (χ0n) is 15.3. The first-order valence-electron chi connectivity index (χ1n) is 8.13. The van der Waals surface area contributed by atoms with E-state index in [4.69, 9.17) is 31.2 Å². The monoisotopic (exact) mass is 422 g/mol. The molecule has 0 radical (unpaired) electrons. The Morgan fingerprint density at radius 3 is 2.62 bits per heavy atom. The molecule has 3 aromatic rings. The Balaban J connectivity index is 1.75. The SMILES string of the molecule is COc1ccc(OCc2nonc2C(=N)N(O)c2ccc(F)c(Cl)c2)cc1OC. The number of ether oxygens (including phenoxy) is 3. The Hall–Kier alpha value is -3.37. The predicted octanol–water partition coefficient (Wildman–Crippen LogP) is 3.68. The summed E-state index contributed by atoms with van der Waals surface area (Å²) in [5.74, 6) is 0.363. The zero-order chi connectivity index (χ0) is 21.0. The number of methoxy groups -OCH3 is 2. The molecule has 0 spiro atoms. The van der Waals surface area contributed by atoms with Crippen molar-refractivity contribution in [1.82, 2.24) is 10.3 Å². The first-order chi connectivity index (χ1) is 13.9. The van der Waals surface area contributed by atoms with E-state index in [1.165, 1.54) is 26.4 Å². The zero-order valence-corrected chi connectivity index (χ0v) is 16.1. The van der Waals surface area contributed by atoms with Gasteiger partial charge in [0.2, 0.25) is 0 Å². The Labute approximate surface area is 169 Å². The highest BCUT2D eigenvalue weighted by Gasteiger charge is 2.22. The second-order valence-electron chi connectivity index (χ2n) is 5.62. The lowest BCUT2D eigenvalue weighted by Gasteiger charge is -2.16. The summed E-state index contributed by atoms with van der Waals surface area (Å²) in [6.07, 6.45) is 0. The fourth-order valence-electron chi connectivity index (χ4n) is 2.39. The van der Waals surface area contributed by atoms with E-state index in [0.29, 0.717) is 22.3 Å². The molecule has 0 bridgehead atoms. The minimum Gasteiger partial charge on any atom is -0.493 e. The molecule has 152 valence electrons. The van der Waals surface area contributed by atoms with Crippen molar-refractivity contribution in [3.63, 3.8) is 0 Å². The molecule has 1 aromatic heterocycles. The van der Waals surface area contributed by atoms with Crippen molar-refractivity contribution >= 4 is 23.1 Å². The van der Waals surface area contributed by atoms with E-state index in [1.54, 1.807) is 18.2 Å². The van der Waals surface area contributed by atoms with Gasteiger partial charge >= 0.3 is 0 Å². The third-order valence-corrected chi connectivity index (χ3v) is 4.16. The lowest BCUT2D eigenvalue weighted by Crippen LogP contribution is -2.28. The van der Waals surface area contributed by atoms with Gasteiger partial charge in [0.15, 0.2) is 28.7 Å². The fourth-order valence-corrected chi connectivity index (χ4v) is 2.56. The average Bonchev–Trinajstić information content (AvgIpc) is 3.21. The van der Waals surface area contributed by atoms with Crippen molar-refractivity contribution in [3.8, 4) is 17.2 Å². The van der Waals surface area contributed by atoms with Crippen LogP contribution in [0.1, 0.15) is 11.4 Å². The molecule has 2 aromatic carbocycles. The normalized spacial score (nSPS) is 10.5. The molecule has 0 amide bonds. The molecule has 3 rings (SSSR count). The highest BCUT2D eigenvalue weighted by molar-refractivity contribution is 6.31. The molecule has 0 saturated carbocycles. The molecular formula is C18H16ClFN4O5. The maximum atomic E-state index is 13.3. The molecule has 9 nitrogen and oxygen atoms in total. The number of amidine groups is 1. The fraction of sp³-hybridized carbons (Fsp3) is 0.167. The summed E-state index contributed by atoms with van der Waals surface area (Å²) in [6.45, 7) is -0.102. The molecule has 0 aliphatic heterocycles. The third-order valence-electron chi connectivity index (χ3n) is 3.87. The molecule has 29 heavy (non-hydrogen) atoms. The molecule has 0 saturated heterocycles. The maximum absolute atomic E-state index is 13.3. The lowest BCUT2D eigenvalue weighted by atomic mass is 10.2.